The van der Waals surface area contributed by atoms with E-state index >= 15 is 0 Å². The van der Waals surface area contributed by atoms with Gasteiger partial charge in [-0.25, -0.2) is 4.98 Å². The Bertz CT molecular complexity index is 723. The lowest BCUT2D eigenvalue weighted by Crippen LogP contribution is -2.11. The Morgan fingerprint density at radius 3 is 2.90 bits per heavy atom. The molecule has 0 spiro atoms. The van der Waals surface area contributed by atoms with Gasteiger partial charge < -0.3 is 4.74 Å². The highest BCUT2D eigenvalue weighted by Gasteiger charge is 2.38. The van der Waals surface area contributed by atoms with E-state index in [0.29, 0.717) is 20.7 Å². The minimum absolute atomic E-state index is 0.0640. The molecular weight excluding hydrogens is 304 g/mol. The van der Waals surface area contributed by atoms with Crippen molar-refractivity contribution in [3.05, 3.63) is 51.3 Å². The zero-order valence-corrected chi connectivity index (χ0v) is 12.8. The van der Waals surface area contributed by atoms with Crippen molar-refractivity contribution in [2.45, 2.75) is 5.92 Å². The lowest BCUT2D eigenvalue weighted by molar-refractivity contribution is -0.114. The summed E-state index contributed by atoms with van der Waals surface area (Å²) in [5.41, 5.74) is 0.837. The highest BCUT2D eigenvalue weighted by molar-refractivity contribution is 8.19. The van der Waals surface area contributed by atoms with Crippen LogP contribution < -0.4 is 4.74 Å². The third-order valence-corrected chi connectivity index (χ3v) is 4.95. The number of nitrogens with zero attached hydrogens (tertiary/aromatic N) is 1. The first-order valence-electron chi connectivity index (χ1n) is 6.25. The lowest BCUT2D eigenvalue weighted by atomic mass is 10.0. The topological polar surface area (TPSA) is 63.0 Å². The number of rotatable bonds is 3. The van der Waals surface area contributed by atoms with E-state index in [4.69, 9.17) is 10.1 Å². The van der Waals surface area contributed by atoms with E-state index in [-0.39, 0.29) is 5.78 Å². The molecule has 1 aliphatic heterocycles. The molecule has 1 saturated heterocycles. The van der Waals surface area contributed by atoms with Gasteiger partial charge in [0.15, 0.2) is 5.78 Å². The molecule has 4 nitrogen and oxygen atoms in total. The zero-order valence-electron chi connectivity index (χ0n) is 11.2. The molecule has 1 N–H and O–H groups in total. The summed E-state index contributed by atoms with van der Waals surface area (Å²) < 4.78 is 5.29. The number of hydrogen-bond acceptors (Lipinski definition) is 6. The molecule has 0 amide bonds. The van der Waals surface area contributed by atoms with Crippen LogP contribution in [0.5, 0.6) is 5.75 Å². The summed E-state index contributed by atoms with van der Waals surface area (Å²) >= 11 is 2.61. The number of benzene rings is 1. The van der Waals surface area contributed by atoms with Crippen molar-refractivity contribution in [1.29, 1.82) is 5.41 Å². The number of ether oxygens (including phenoxy) is 1. The van der Waals surface area contributed by atoms with Crippen LogP contribution in [-0.4, -0.2) is 22.9 Å². The van der Waals surface area contributed by atoms with Gasteiger partial charge in [0.05, 0.1) is 17.1 Å². The second-order valence-corrected chi connectivity index (χ2v) is 6.39. The van der Waals surface area contributed by atoms with E-state index in [9.17, 15) is 4.79 Å². The molecule has 3 rings (SSSR count). The molecule has 2 heterocycles. The third-order valence-electron chi connectivity index (χ3n) is 3.11. The molecule has 21 heavy (non-hydrogen) atoms. The highest BCUT2D eigenvalue weighted by Crippen LogP contribution is 2.41. The number of hydrogen-bond donors (Lipinski definition) is 1. The number of Topliss-reactive ketones (excluding diaryl/α,β-unsaturated/α-hetero) is 1. The van der Waals surface area contributed by atoms with Gasteiger partial charge >= 0.3 is 0 Å². The Morgan fingerprint density at radius 2 is 2.19 bits per heavy atom. The largest absolute Gasteiger partial charge is 0.496 e. The average molecular weight is 316 g/mol. The molecule has 2 aromatic rings. The van der Waals surface area contributed by atoms with Crippen molar-refractivity contribution in [2.24, 2.45) is 0 Å². The van der Waals surface area contributed by atoms with Gasteiger partial charge in [0.1, 0.15) is 16.7 Å². The summed E-state index contributed by atoms with van der Waals surface area (Å²) in [5, 5.41) is 10.9. The van der Waals surface area contributed by atoms with Gasteiger partial charge in [-0.05, 0) is 12.1 Å². The van der Waals surface area contributed by atoms with Gasteiger partial charge in [0.25, 0.3) is 0 Å². The number of carbonyl (C=O) groups excluding carboxylic acids is 1. The minimum Gasteiger partial charge on any atom is -0.496 e. The molecule has 1 aromatic carbocycles. The predicted molar refractivity (Wildman–Crippen MR) is 86.2 cm³/mol. The van der Waals surface area contributed by atoms with E-state index in [0.717, 1.165) is 5.56 Å². The predicted octanol–water partition coefficient (Wildman–Crippen LogP) is 3.57. The van der Waals surface area contributed by atoms with E-state index in [1.807, 2.05) is 29.6 Å². The monoisotopic (exact) mass is 316 g/mol. The molecule has 1 aliphatic rings. The second kappa shape index (κ2) is 5.83. The number of aromatic nitrogens is 1. The minimum atomic E-state index is -0.545. The fourth-order valence-electron chi connectivity index (χ4n) is 2.12. The zero-order chi connectivity index (χ0) is 14.8. The van der Waals surface area contributed by atoms with Crippen LogP contribution in [0, 0.1) is 5.41 Å². The molecule has 0 unspecified atom stereocenters. The average Bonchev–Trinajstić information content (AvgIpc) is 3.09. The van der Waals surface area contributed by atoms with Crippen LogP contribution >= 0.6 is 23.1 Å². The number of para-hydroxylation sites is 1. The first-order valence-corrected chi connectivity index (χ1v) is 7.95. The maximum Gasteiger partial charge on any atom is 0.186 e. The van der Waals surface area contributed by atoms with Crippen molar-refractivity contribution in [3.63, 3.8) is 0 Å². The highest BCUT2D eigenvalue weighted by atomic mass is 32.2. The number of thiazole rings is 1. The van der Waals surface area contributed by atoms with Gasteiger partial charge in [-0.15, -0.1) is 11.3 Å². The summed E-state index contributed by atoms with van der Waals surface area (Å²) in [4.78, 5) is 17.2. The normalized spacial score (nSPS) is 20.2. The maximum atomic E-state index is 12.5. The number of carbonyl (C=O) groups is 1. The fourth-order valence-corrected chi connectivity index (χ4v) is 3.91. The second-order valence-electron chi connectivity index (χ2n) is 4.38. The lowest BCUT2D eigenvalue weighted by Gasteiger charge is -2.04. The maximum absolute atomic E-state index is 12.5. The molecule has 1 aromatic heterocycles. The quantitative estimate of drug-likeness (QED) is 0.879. The summed E-state index contributed by atoms with van der Waals surface area (Å²) in [7, 11) is 1.60. The Labute approximate surface area is 130 Å². The molecule has 0 bridgehead atoms. The van der Waals surface area contributed by atoms with Crippen LogP contribution in [0.25, 0.3) is 6.08 Å². The van der Waals surface area contributed by atoms with Gasteiger partial charge in [-0.2, -0.15) is 0 Å². The van der Waals surface area contributed by atoms with Crippen LogP contribution in [-0.2, 0) is 4.79 Å². The molecule has 0 saturated carbocycles. The molecular formula is C15H12N2O2S2. The molecule has 0 radical (unpaired) electrons. The first-order chi connectivity index (χ1) is 10.2. The van der Waals surface area contributed by atoms with Crippen molar-refractivity contribution in [3.8, 4) is 5.75 Å². The van der Waals surface area contributed by atoms with E-state index in [1.165, 1.54) is 23.1 Å². The number of nitrogens with one attached hydrogen (secondary N) is 1. The molecule has 1 atom stereocenters. The Kier molecular flexibility index (Phi) is 3.90. The first kappa shape index (κ1) is 14.0. The SMILES string of the molecule is COc1ccccc1/C=C1\SC(=N)[C@@H](c2nccs2)C1=O. The number of thioether (sulfide) groups is 1. The van der Waals surface area contributed by atoms with Crippen LogP contribution in [0.4, 0.5) is 0 Å². The van der Waals surface area contributed by atoms with Crippen LogP contribution in [0.1, 0.15) is 16.5 Å². The van der Waals surface area contributed by atoms with Crippen LogP contribution in [0.15, 0.2) is 40.7 Å². The molecule has 1 fully saturated rings. The van der Waals surface area contributed by atoms with Crippen LogP contribution in [0.3, 0.4) is 0 Å². The molecule has 0 aliphatic carbocycles. The Balaban J connectivity index is 1.96. The molecule has 6 heteroatoms. The van der Waals surface area contributed by atoms with Gasteiger partial charge in [-0.3, -0.25) is 10.2 Å². The summed E-state index contributed by atoms with van der Waals surface area (Å²) in [6.07, 6.45) is 3.45. The molecule has 106 valence electrons. The van der Waals surface area contributed by atoms with Crippen molar-refractivity contribution < 1.29 is 9.53 Å². The summed E-state index contributed by atoms with van der Waals surface area (Å²) in [5.74, 6) is 0.101. The number of methoxy groups -OCH3 is 1. The van der Waals surface area contributed by atoms with Gasteiger partial charge in [0.2, 0.25) is 0 Å². The third kappa shape index (κ3) is 2.64. The standard InChI is InChI=1S/C15H12N2O2S2/c1-19-10-5-3-2-4-9(10)8-11-13(18)12(14(16)21-11)15-17-6-7-20-15/h2-8,12,16H,1H3/b11-8-,16-14?/t12-/m0/s1. The smallest absolute Gasteiger partial charge is 0.186 e. The number of ketones is 1. The fraction of sp³-hybridized carbons (Fsp3) is 0.133. The summed E-state index contributed by atoms with van der Waals surface area (Å²) in [6, 6.07) is 7.51. The number of allylic oxidation sites excluding steroid dienone is 1. The van der Waals surface area contributed by atoms with E-state index in [1.54, 1.807) is 19.4 Å². The van der Waals surface area contributed by atoms with Gasteiger partial charge in [-0.1, -0.05) is 30.0 Å². The van der Waals surface area contributed by atoms with E-state index in [2.05, 4.69) is 4.98 Å². The van der Waals surface area contributed by atoms with Crippen LogP contribution in [0.2, 0.25) is 0 Å². The van der Waals surface area contributed by atoms with Gasteiger partial charge in [0, 0.05) is 17.1 Å². The van der Waals surface area contributed by atoms with Crippen molar-refractivity contribution >= 4 is 40.0 Å². The van der Waals surface area contributed by atoms with E-state index < -0.39 is 5.92 Å². The Morgan fingerprint density at radius 1 is 1.38 bits per heavy atom. The van der Waals surface area contributed by atoms with Crippen molar-refractivity contribution in [1.82, 2.24) is 4.98 Å². The van der Waals surface area contributed by atoms with Crippen molar-refractivity contribution in [2.75, 3.05) is 7.11 Å². The summed E-state index contributed by atoms with van der Waals surface area (Å²) in [6.45, 7) is 0. The Hall–Kier alpha value is -1.92.